The molecule has 90 valence electrons. The Labute approximate surface area is 118 Å². The molecule has 0 fully saturated rings. The molecule has 2 aromatic rings. The first-order chi connectivity index (χ1) is 8.20. The average Bonchev–Trinajstić information content (AvgIpc) is 2.74. The first-order valence-electron chi connectivity index (χ1n) is 5.14. The van der Waals surface area contributed by atoms with E-state index >= 15 is 0 Å². The lowest BCUT2D eigenvalue weighted by Crippen LogP contribution is -2.18. The fourth-order valence-corrected chi connectivity index (χ4v) is 3.06. The first kappa shape index (κ1) is 12.9. The predicted molar refractivity (Wildman–Crippen MR) is 77.9 cm³/mol. The highest BCUT2D eigenvalue weighted by Crippen LogP contribution is 2.24. The summed E-state index contributed by atoms with van der Waals surface area (Å²) in [5.41, 5.74) is 2.33. The maximum atomic E-state index is 5.91. The van der Waals surface area contributed by atoms with Gasteiger partial charge in [-0.3, -0.25) is 0 Å². The van der Waals surface area contributed by atoms with Gasteiger partial charge in [-0.25, -0.2) is 4.98 Å². The topological polar surface area (TPSA) is 16.1 Å². The van der Waals surface area contributed by atoms with Crippen LogP contribution in [0.4, 0.5) is 5.82 Å². The lowest BCUT2D eigenvalue weighted by atomic mass is 10.2. The standard InChI is InChI=1S/C12H12BrClN2S/c1-16(7-9-5-11(13)17-8-9)12-10(6-14)3-2-4-15-12/h2-5,8H,6-7H2,1H3. The Kier molecular flexibility index (Phi) is 4.42. The molecule has 0 spiro atoms. The van der Waals surface area contributed by atoms with Crippen LogP contribution in [0, 0.1) is 0 Å². The second kappa shape index (κ2) is 5.85. The van der Waals surface area contributed by atoms with Crippen molar-refractivity contribution in [3.05, 3.63) is 44.7 Å². The summed E-state index contributed by atoms with van der Waals surface area (Å²) in [4.78, 5) is 6.50. The number of aromatic nitrogens is 1. The van der Waals surface area contributed by atoms with Gasteiger partial charge in [0.1, 0.15) is 5.82 Å². The molecule has 17 heavy (non-hydrogen) atoms. The van der Waals surface area contributed by atoms with Gasteiger partial charge in [-0.1, -0.05) is 6.07 Å². The molecule has 0 N–H and O–H groups in total. The largest absolute Gasteiger partial charge is 0.355 e. The van der Waals surface area contributed by atoms with Gasteiger partial charge >= 0.3 is 0 Å². The monoisotopic (exact) mass is 330 g/mol. The van der Waals surface area contributed by atoms with Crippen LogP contribution in [0.3, 0.4) is 0 Å². The molecule has 0 atom stereocenters. The Morgan fingerprint density at radius 3 is 3.00 bits per heavy atom. The highest BCUT2D eigenvalue weighted by molar-refractivity contribution is 9.11. The first-order valence-corrected chi connectivity index (χ1v) is 7.35. The normalized spacial score (nSPS) is 10.5. The van der Waals surface area contributed by atoms with Gasteiger partial charge < -0.3 is 4.90 Å². The summed E-state index contributed by atoms with van der Waals surface area (Å²) < 4.78 is 1.15. The predicted octanol–water partition coefficient (Wildman–Crippen LogP) is 4.28. The quantitative estimate of drug-likeness (QED) is 0.777. The summed E-state index contributed by atoms with van der Waals surface area (Å²) in [7, 11) is 2.03. The Morgan fingerprint density at radius 1 is 1.53 bits per heavy atom. The van der Waals surface area contributed by atoms with Gasteiger partial charge in [-0.05, 0) is 39.0 Å². The fourth-order valence-electron chi connectivity index (χ4n) is 1.66. The molecule has 2 aromatic heterocycles. The molecule has 0 aromatic carbocycles. The summed E-state index contributed by atoms with van der Waals surface area (Å²) in [6.45, 7) is 0.836. The smallest absolute Gasteiger partial charge is 0.132 e. The zero-order chi connectivity index (χ0) is 12.3. The van der Waals surface area contributed by atoms with Crippen molar-refractivity contribution in [2.24, 2.45) is 0 Å². The van der Waals surface area contributed by atoms with Crippen LogP contribution in [0.5, 0.6) is 0 Å². The van der Waals surface area contributed by atoms with Crippen molar-refractivity contribution in [3.8, 4) is 0 Å². The number of anilines is 1. The highest BCUT2D eigenvalue weighted by Gasteiger charge is 2.09. The number of pyridine rings is 1. The molecule has 0 saturated carbocycles. The van der Waals surface area contributed by atoms with Gasteiger partial charge in [0.05, 0.1) is 9.67 Å². The molecule has 2 rings (SSSR count). The molecule has 2 heterocycles. The summed E-state index contributed by atoms with van der Waals surface area (Å²) in [6, 6.07) is 6.05. The maximum absolute atomic E-state index is 5.91. The van der Waals surface area contributed by atoms with Crippen LogP contribution in [-0.4, -0.2) is 12.0 Å². The maximum Gasteiger partial charge on any atom is 0.132 e. The number of nitrogens with zero attached hydrogens (tertiary/aromatic N) is 2. The van der Waals surface area contributed by atoms with Crippen LogP contribution in [0.25, 0.3) is 0 Å². The van der Waals surface area contributed by atoms with E-state index in [1.807, 2.05) is 19.2 Å². The van der Waals surface area contributed by atoms with E-state index in [0.29, 0.717) is 5.88 Å². The van der Waals surface area contributed by atoms with Crippen molar-refractivity contribution in [1.82, 2.24) is 4.98 Å². The van der Waals surface area contributed by atoms with Crippen LogP contribution in [0.1, 0.15) is 11.1 Å². The van der Waals surface area contributed by atoms with E-state index in [-0.39, 0.29) is 0 Å². The van der Waals surface area contributed by atoms with E-state index in [4.69, 9.17) is 11.6 Å². The number of rotatable bonds is 4. The van der Waals surface area contributed by atoms with E-state index in [1.54, 1.807) is 17.5 Å². The summed E-state index contributed by atoms with van der Waals surface area (Å²) >= 11 is 11.1. The third-order valence-corrected chi connectivity index (χ3v) is 4.26. The third-order valence-electron chi connectivity index (χ3n) is 2.41. The van der Waals surface area contributed by atoms with Crippen molar-refractivity contribution >= 4 is 44.7 Å². The SMILES string of the molecule is CN(Cc1csc(Br)c1)c1ncccc1CCl. The number of hydrogen-bond donors (Lipinski definition) is 0. The number of hydrogen-bond acceptors (Lipinski definition) is 3. The molecular weight excluding hydrogens is 320 g/mol. The molecular formula is C12H12BrClN2S. The van der Waals surface area contributed by atoms with Crippen molar-refractivity contribution in [2.45, 2.75) is 12.4 Å². The molecule has 0 unspecified atom stereocenters. The molecule has 0 aliphatic rings. The van der Waals surface area contributed by atoms with Crippen molar-refractivity contribution < 1.29 is 0 Å². The summed E-state index contributed by atoms with van der Waals surface area (Å²) in [5, 5.41) is 2.14. The van der Waals surface area contributed by atoms with Crippen molar-refractivity contribution in [3.63, 3.8) is 0 Å². The van der Waals surface area contributed by atoms with Gasteiger partial charge in [-0.2, -0.15) is 0 Å². The zero-order valence-electron chi connectivity index (χ0n) is 9.36. The van der Waals surface area contributed by atoms with Gasteiger partial charge in [0.2, 0.25) is 0 Å². The van der Waals surface area contributed by atoms with Crippen LogP contribution in [0.15, 0.2) is 33.6 Å². The van der Waals surface area contributed by atoms with E-state index < -0.39 is 0 Å². The fraction of sp³-hybridized carbons (Fsp3) is 0.250. The minimum absolute atomic E-state index is 0.487. The van der Waals surface area contributed by atoms with Crippen molar-refractivity contribution in [2.75, 3.05) is 11.9 Å². The Morgan fingerprint density at radius 2 is 2.35 bits per heavy atom. The molecule has 0 aliphatic heterocycles. The van der Waals surface area contributed by atoms with E-state index in [1.165, 1.54) is 5.56 Å². The molecule has 0 saturated heterocycles. The molecule has 5 heteroatoms. The lowest BCUT2D eigenvalue weighted by molar-refractivity contribution is 0.892. The summed E-state index contributed by atoms with van der Waals surface area (Å²) in [6.07, 6.45) is 1.80. The molecule has 0 amide bonds. The summed E-state index contributed by atoms with van der Waals surface area (Å²) in [5.74, 6) is 1.44. The Balaban J connectivity index is 2.16. The third kappa shape index (κ3) is 3.21. The molecule has 2 nitrogen and oxygen atoms in total. The van der Waals surface area contributed by atoms with Gasteiger partial charge in [0.15, 0.2) is 0 Å². The van der Waals surface area contributed by atoms with Gasteiger partial charge in [0, 0.05) is 25.4 Å². The Hall–Kier alpha value is -0.580. The number of alkyl halides is 1. The molecule has 0 bridgehead atoms. The average molecular weight is 332 g/mol. The number of halogens is 2. The second-order valence-electron chi connectivity index (χ2n) is 3.73. The van der Waals surface area contributed by atoms with E-state index in [9.17, 15) is 0 Å². The Bertz CT molecular complexity index is 501. The van der Waals surface area contributed by atoms with Crippen LogP contribution >= 0.6 is 38.9 Å². The van der Waals surface area contributed by atoms with E-state index in [2.05, 4.69) is 37.3 Å². The minimum Gasteiger partial charge on any atom is -0.355 e. The van der Waals surface area contributed by atoms with E-state index in [0.717, 1.165) is 21.7 Å². The highest BCUT2D eigenvalue weighted by atomic mass is 79.9. The van der Waals surface area contributed by atoms with Gasteiger partial charge in [-0.15, -0.1) is 22.9 Å². The second-order valence-corrected chi connectivity index (χ2v) is 6.29. The van der Waals surface area contributed by atoms with Gasteiger partial charge in [0.25, 0.3) is 0 Å². The van der Waals surface area contributed by atoms with Crippen LogP contribution in [0.2, 0.25) is 0 Å². The molecule has 0 radical (unpaired) electrons. The zero-order valence-corrected chi connectivity index (χ0v) is 12.5. The minimum atomic E-state index is 0.487. The van der Waals surface area contributed by atoms with Crippen LogP contribution in [-0.2, 0) is 12.4 Å². The van der Waals surface area contributed by atoms with Crippen LogP contribution < -0.4 is 4.90 Å². The number of thiophene rings is 1. The van der Waals surface area contributed by atoms with Crippen molar-refractivity contribution in [1.29, 1.82) is 0 Å². The molecule has 0 aliphatic carbocycles. The lowest BCUT2D eigenvalue weighted by Gasteiger charge is -2.19.